The number of benzene rings is 1. The molecule has 4 N–H and O–H groups in total. The van der Waals surface area contributed by atoms with Gasteiger partial charge in [-0.3, -0.25) is 10.3 Å². The summed E-state index contributed by atoms with van der Waals surface area (Å²) in [6, 6.07) is 4.78. The van der Waals surface area contributed by atoms with Gasteiger partial charge in [0.05, 0.1) is 6.61 Å². The molecule has 1 aliphatic heterocycles. The molecule has 1 aromatic carbocycles. The maximum absolute atomic E-state index is 14.1. The minimum absolute atomic E-state index is 0.115. The lowest BCUT2D eigenvalue weighted by Crippen LogP contribution is -2.37. The van der Waals surface area contributed by atoms with Gasteiger partial charge in [0.15, 0.2) is 0 Å². The summed E-state index contributed by atoms with van der Waals surface area (Å²) in [5, 5.41) is 16.8. The van der Waals surface area contributed by atoms with Crippen molar-refractivity contribution in [2.24, 2.45) is 5.73 Å². The number of rotatable bonds is 4. The molecule has 1 unspecified atom stereocenters. The van der Waals surface area contributed by atoms with E-state index in [2.05, 4.69) is 4.90 Å². The third kappa shape index (κ3) is 3.55. The highest BCUT2D eigenvalue weighted by molar-refractivity contribution is 5.94. The van der Waals surface area contributed by atoms with E-state index in [0.717, 1.165) is 25.8 Å². The Kier molecular flexibility index (Phi) is 5.09. The zero-order chi connectivity index (χ0) is 14.5. The van der Waals surface area contributed by atoms with Gasteiger partial charge in [-0.05, 0) is 25.5 Å². The zero-order valence-corrected chi connectivity index (χ0v) is 11.6. The lowest BCUT2D eigenvalue weighted by Gasteiger charge is -2.28. The fraction of sp³-hybridized carbons (Fsp3) is 0.533. The third-order valence-corrected chi connectivity index (χ3v) is 3.95. The molecule has 1 aliphatic rings. The molecule has 4 nitrogen and oxygen atoms in total. The van der Waals surface area contributed by atoms with E-state index in [0.29, 0.717) is 17.7 Å². The van der Waals surface area contributed by atoms with Crippen LogP contribution in [-0.4, -0.2) is 35.0 Å². The largest absolute Gasteiger partial charge is 0.395 e. The van der Waals surface area contributed by atoms with Crippen molar-refractivity contribution in [1.82, 2.24) is 4.90 Å². The molecule has 0 bridgehead atoms. The normalized spacial score (nSPS) is 20.6. The number of aliphatic hydroxyl groups excluding tert-OH is 1. The van der Waals surface area contributed by atoms with Crippen LogP contribution < -0.4 is 5.73 Å². The van der Waals surface area contributed by atoms with E-state index in [1.165, 1.54) is 12.5 Å². The molecule has 1 atom stereocenters. The molecule has 0 amide bonds. The molecule has 0 saturated carbocycles. The first-order chi connectivity index (χ1) is 9.61. The van der Waals surface area contributed by atoms with Crippen LogP contribution in [0, 0.1) is 11.2 Å². The molecule has 5 heteroatoms. The molecular formula is C15H22FN3O. The van der Waals surface area contributed by atoms with Crippen LogP contribution in [0.4, 0.5) is 4.39 Å². The average Bonchev–Trinajstić information content (AvgIpc) is 2.65. The van der Waals surface area contributed by atoms with Gasteiger partial charge >= 0.3 is 0 Å². The van der Waals surface area contributed by atoms with Gasteiger partial charge in [0.2, 0.25) is 0 Å². The van der Waals surface area contributed by atoms with E-state index >= 15 is 0 Å². The van der Waals surface area contributed by atoms with Gasteiger partial charge in [0, 0.05) is 23.7 Å². The fourth-order valence-electron chi connectivity index (χ4n) is 2.71. The summed E-state index contributed by atoms with van der Waals surface area (Å²) < 4.78 is 14.1. The van der Waals surface area contributed by atoms with Gasteiger partial charge in [-0.15, -0.1) is 0 Å². The molecule has 0 spiro atoms. The number of aliphatic hydroxyl groups is 1. The van der Waals surface area contributed by atoms with E-state index in [4.69, 9.17) is 11.1 Å². The summed E-state index contributed by atoms with van der Waals surface area (Å²) in [7, 11) is 0. The number of nitrogens with one attached hydrogen (secondary N) is 1. The predicted molar refractivity (Wildman–Crippen MR) is 77.2 cm³/mol. The molecule has 0 radical (unpaired) electrons. The molecule has 2 rings (SSSR count). The lowest BCUT2D eigenvalue weighted by molar-refractivity contribution is 0.117. The maximum Gasteiger partial charge on any atom is 0.128 e. The number of nitrogens with zero attached hydrogens (tertiary/aromatic N) is 1. The summed E-state index contributed by atoms with van der Waals surface area (Å²) >= 11 is 0. The van der Waals surface area contributed by atoms with Crippen molar-refractivity contribution in [1.29, 1.82) is 5.41 Å². The van der Waals surface area contributed by atoms with Gasteiger partial charge < -0.3 is 10.8 Å². The predicted octanol–water partition coefficient (Wildman–Crippen LogP) is 1.85. The first-order valence-corrected chi connectivity index (χ1v) is 7.09. The highest BCUT2D eigenvalue weighted by Crippen LogP contribution is 2.20. The molecule has 1 saturated heterocycles. The highest BCUT2D eigenvalue weighted by Gasteiger charge is 2.21. The smallest absolute Gasteiger partial charge is 0.128 e. The minimum atomic E-state index is -0.335. The van der Waals surface area contributed by atoms with Crippen LogP contribution in [0.15, 0.2) is 18.2 Å². The van der Waals surface area contributed by atoms with Gasteiger partial charge in [-0.2, -0.15) is 0 Å². The monoisotopic (exact) mass is 279 g/mol. The van der Waals surface area contributed by atoms with E-state index in [1.54, 1.807) is 12.1 Å². The Morgan fingerprint density at radius 2 is 2.20 bits per heavy atom. The number of nitrogens with two attached hydrogens (primary N) is 1. The Bertz CT molecular complexity index is 478. The van der Waals surface area contributed by atoms with Crippen LogP contribution in [0.2, 0.25) is 0 Å². The van der Waals surface area contributed by atoms with Gasteiger partial charge in [0.25, 0.3) is 0 Å². The number of amidine groups is 1. The van der Waals surface area contributed by atoms with Crippen LogP contribution in [-0.2, 0) is 6.54 Å². The van der Waals surface area contributed by atoms with Crippen LogP contribution >= 0.6 is 0 Å². The zero-order valence-electron chi connectivity index (χ0n) is 11.6. The SMILES string of the molecule is N=C(N)c1ccc(CN2CCCCCC2CO)c(F)c1. The second kappa shape index (κ2) is 6.81. The topological polar surface area (TPSA) is 73.3 Å². The van der Waals surface area contributed by atoms with Gasteiger partial charge in [-0.1, -0.05) is 25.0 Å². The molecule has 1 fully saturated rings. The Morgan fingerprint density at radius 1 is 1.40 bits per heavy atom. The van der Waals surface area contributed by atoms with Crippen molar-refractivity contribution in [2.75, 3.05) is 13.2 Å². The number of halogens is 1. The average molecular weight is 279 g/mol. The summed E-state index contributed by atoms with van der Waals surface area (Å²) in [6.07, 6.45) is 4.33. The first kappa shape index (κ1) is 14.9. The van der Waals surface area contributed by atoms with E-state index in [-0.39, 0.29) is 24.3 Å². The van der Waals surface area contributed by atoms with Crippen molar-refractivity contribution in [3.63, 3.8) is 0 Å². The van der Waals surface area contributed by atoms with E-state index in [1.807, 2.05) is 0 Å². The van der Waals surface area contributed by atoms with Crippen LogP contribution in [0.25, 0.3) is 0 Å². The van der Waals surface area contributed by atoms with Crippen molar-refractivity contribution in [2.45, 2.75) is 38.3 Å². The summed E-state index contributed by atoms with van der Waals surface area (Å²) in [4.78, 5) is 2.15. The number of hydrogen-bond acceptors (Lipinski definition) is 3. The first-order valence-electron chi connectivity index (χ1n) is 7.09. The lowest BCUT2D eigenvalue weighted by atomic mass is 10.1. The van der Waals surface area contributed by atoms with Crippen molar-refractivity contribution in [3.8, 4) is 0 Å². The van der Waals surface area contributed by atoms with E-state index < -0.39 is 0 Å². The van der Waals surface area contributed by atoms with Crippen LogP contribution in [0.3, 0.4) is 0 Å². The summed E-state index contributed by atoms with van der Waals surface area (Å²) in [5.74, 6) is -0.461. The van der Waals surface area contributed by atoms with Gasteiger partial charge in [0.1, 0.15) is 11.7 Å². The van der Waals surface area contributed by atoms with Gasteiger partial charge in [-0.25, -0.2) is 4.39 Å². The molecule has 20 heavy (non-hydrogen) atoms. The second-order valence-corrected chi connectivity index (χ2v) is 5.38. The quantitative estimate of drug-likeness (QED) is 0.581. The third-order valence-electron chi connectivity index (χ3n) is 3.95. The highest BCUT2D eigenvalue weighted by atomic mass is 19.1. The molecule has 0 aliphatic carbocycles. The Balaban J connectivity index is 2.13. The molecular weight excluding hydrogens is 257 g/mol. The minimum Gasteiger partial charge on any atom is -0.395 e. The van der Waals surface area contributed by atoms with Crippen molar-refractivity contribution in [3.05, 3.63) is 35.1 Å². The van der Waals surface area contributed by atoms with Crippen molar-refractivity contribution >= 4 is 5.84 Å². The van der Waals surface area contributed by atoms with Crippen LogP contribution in [0.1, 0.15) is 36.8 Å². The Hall–Kier alpha value is -1.46. The van der Waals surface area contributed by atoms with Crippen molar-refractivity contribution < 1.29 is 9.50 Å². The number of nitrogen functional groups attached to an aromatic ring is 1. The standard InChI is InChI=1S/C15H22FN3O/c16-14-8-11(15(17)18)5-6-12(14)9-19-7-3-1-2-4-13(19)10-20/h5-6,8,13,20H,1-4,7,9-10H2,(H3,17,18). The summed E-state index contributed by atoms with van der Waals surface area (Å²) in [5.41, 5.74) is 6.35. The fourth-order valence-corrected chi connectivity index (χ4v) is 2.71. The van der Waals surface area contributed by atoms with Crippen LogP contribution in [0.5, 0.6) is 0 Å². The molecule has 1 heterocycles. The number of likely N-dealkylation sites (tertiary alicyclic amines) is 1. The molecule has 1 aromatic rings. The Labute approximate surface area is 118 Å². The summed E-state index contributed by atoms with van der Waals surface area (Å²) in [6.45, 7) is 1.50. The Morgan fingerprint density at radius 3 is 2.85 bits per heavy atom. The maximum atomic E-state index is 14.1. The van der Waals surface area contributed by atoms with E-state index in [9.17, 15) is 9.50 Å². The molecule has 110 valence electrons. The molecule has 0 aromatic heterocycles. The number of hydrogen-bond donors (Lipinski definition) is 3. The second-order valence-electron chi connectivity index (χ2n) is 5.38.